The third-order valence-electron chi connectivity index (χ3n) is 3.64. The molecule has 1 aliphatic carbocycles. The summed E-state index contributed by atoms with van der Waals surface area (Å²) in [5, 5.41) is 6.20. The number of anilines is 1. The van der Waals surface area contributed by atoms with Crippen LogP contribution in [-0.2, 0) is 0 Å². The van der Waals surface area contributed by atoms with Gasteiger partial charge in [-0.1, -0.05) is 23.7 Å². The molecule has 1 heterocycles. The van der Waals surface area contributed by atoms with Crippen LogP contribution in [-0.4, -0.2) is 22.8 Å². The predicted octanol–water partition coefficient (Wildman–Crippen LogP) is 3.19. The molecule has 0 aliphatic heterocycles. The summed E-state index contributed by atoms with van der Waals surface area (Å²) in [4.78, 5) is 28.5. The average Bonchev–Trinajstić information content (AvgIpc) is 3.36. The molecule has 5 nitrogen and oxygen atoms in total. The van der Waals surface area contributed by atoms with Gasteiger partial charge in [0, 0.05) is 16.8 Å². The molecule has 2 N–H and O–H groups in total. The molecule has 1 aliphatic rings. The Morgan fingerprint density at radius 1 is 1.09 bits per heavy atom. The van der Waals surface area contributed by atoms with Crippen LogP contribution in [0.2, 0.25) is 5.02 Å². The van der Waals surface area contributed by atoms with E-state index in [0.29, 0.717) is 10.7 Å². The number of carbonyl (C=O) groups is 2. The first kappa shape index (κ1) is 15.5. The number of aromatic nitrogens is 1. The van der Waals surface area contributed by atoms with E-state index in [1.807, 2.05) is 6.92 Å². The molecule has 0 saturated heterocycles. The van der Waals surface area contributed by atoms with Crippen molar-refractivity contribution in [2.24, 2.45) is 0 Å². The Hall–Kier alpha value is -2.40. The third kappa shape index (κ3) is 3.68. The normalized spacial score (nSPS) is 13.5. The number of carbonyl (C=O) groups excluding carboxylic acids is 2. The second-order valence-electron chi connectivity index (χ2n) is 5.52. The molecule has 0 unspecified atom stereocenters. The van der Waals surface area contributed by atoms with Crippen LogP contribution in [0.5, 0.6) is 0 Å². The van der Waals surface area contributed by atoms with Gasteiger partial charge in [0.1, 0.15) is 11.4 Å². The first-order chi connectivity index (χ1) is 11.0. The molecule has 0 bridgehead atoms. The maximum absolute atomic E-state index is 12.3. The first-order valence-corrected chi connectivity index (χ1v) is 7.77. The fourth-order valence-electron chi connectivity index (χ4n) is 2.10. The average molecular weight is 330 g/mol. The number of nitrogens with one attached hydrogen (secondary N) is 2. The predicted molar refractivity (Wildman–Crippen MR) is 88.9 cm³/mol. The highest BCUT2D eigenvalue weighted by atomic mass is 35.5. The van der Waals surface area contributed by atoms with Gasteiger partial charge in [-0.2, -0.15) is 0 Å². The minimum atomic E-state index is -0.378. The van der Waals surface area contributed by atoms with Gasteiger partial charge in [0.25, 0.3) is 11.8 Å². The molecule has 0 atom stereocenters. The van der Waals surface area contributed by atoms with E-state index in [4.69, 9.17) is 11.6 Å². The Morgan fingerprint density at radius 3 is 2.43 bits per heavy atom. The molecule has 3 rings (SSSR count). The topological polar surface area (TPSA) is 71.1 Å². The summed E-state index contributed by atoms with van der Waals surface area (Å²) in [7, 11) is 0. The molecular weight excluding hydrogens is 314 g/mol. The van der Waals surface area contributed by atoms with Gasteiger partial charge in [-0.05, 0) is 49.6 Å². The van der Waals surface area contributed by atoms with Crippen molar-refractivity contribution in [1.82, 2.24) is 10.3 Å². The lowest BCUT2D eigenvalue weighted by molar-refractivity contribution is 0.0946. The highest BCUT2D eigenvalue weighted by Gasteiger charge is 2.24. The molecular formula is C17H16ClN3O2. The van der Waals surface area contributed by atoms with Crippen LogP contribution in [0.1, 0.15) is 39.4 Å². The van der Waals surface area contributed by atoms with Gasteiger partial charge in [-0.3, -0.25) is 9.59 Å². The van der Waals surface area contributed by atoms with E-state index >= 15 is 0 Å². The van der Waals surface area contributed by atoms with Crippen molar-refractivity contribution in [3.8, 4) is 0 Å². The van der Waals surface area contributed by atoms with Crippen LogP contribution in [0.25, 0.3) is 0 Å². The van der Waals surface area contributed by atoms with E-state index in [-0.39, 0.29) is 29.2 Å². The zero-order chi connectivity index (χ0) is 16.4. The zero-order valence-corrected chi connectivity index (χ0v) is 13.4. The molecule has 0 spiro atoms. The van der Waals surface area contributed by atoms with Gasteiger partial charge in [-0.15, -0.1) is 0 Å². The molecule has 1 aromatic carbocycles. The molecule has 2 aromatic rings. The van der Waals surface area contributed by atoms with Gasteiger partial charge in [0.15, 0.2) is 0 Å². The standard InChI is InChI=1S/C17H16ClN3O2/c1-10-12(18)4-2-5-13(10)21-17(23)15-7-3-6-14(20-15)16(22)19-11-8-9-11/h2-7,11H,8-9H2,1H3,(H,19,22)(H,21,23). The maximum atomic E-state index is 12.3. The second kappa shape index (κ2) is 6.38. The Balaban J connectivity index is 1.76. The molecule has 1 aromatic heterocycles. The lowest BCUT2D eigenvalue weighted by atomic mass is 10.2. The monoisotopic (exact) mass is 329 g/mol. The van der Waals surface area contributed by atoms with E-state index in [1.54, 1.807) is 36.4 Å². The van der Waals surface area contributed by atoms with E-state index in [9.17, 15) is 9.59 Å². The first-order valence-electron chi connectivity index (χ1n) is 7.39. The quantitative estimate of drug-likeness (QED) is 0.905. The van der Waals surface area contributed by atoms with Crippen LogP contribution < -0.4 is 10.6 Å². The van der Waals surface area contributed by atoms with Crippen LogP contribution in [0.4, 0.5) is 5.69 Å². The molecule has 6 heteroatoms. The number of benzene rings is 1. The molecule has 2 amide bonds. The number of rotatable bonds is 4. The lowest BCUT2D eigenvalue weighted by Crippen LogP contribution is -2.27. The summed E-state index contributed by atoms with van der Waals surface area (Å²) in [5.41, 5.74) is 1.84. The second-order valence-corrected chi connectivity index (χ2v) is 5.93. The van der Waals surface area contributed by atoms with Crippen molar-refractivity contribution in [3.63, 3.8) is 0 Å². The smallest absolute Gasteiger partial charge is 0.274 e. The van der Waals surface area contributed by atoms with Crippen LogP contribution in [0.15, 0.2) is 36.4 Å². The number of amides is 2. The largest absolute Gasteiger partial charge is 0.348 e. The van der Waals surface area contributed by atoms with Gasteiger partial charge in [0.2, 0.25) is 0 Å². The van der Waals surface area contributed by atoms with Crippen LogP contribution in [0, 0.1) is 6.92 Å². The van der Waals surface area contributed by atoms with Crippen molar-refractivity contribution in [3.05, 3.63) is 58.4 Å². The van der Waals surface area contributed by atoms with Gasteiger partial charge in [0.05, 0.1) is 0 Å². The molecule has 1 saturated carbocycles. The van der Waals surface area contributed by atoms with E-state index in [1.165, 1.54) is 0 Å². The summed E-state index contributed by atoms with van der Waals surface area (Å²) in [6, 6.07) is 10.3. The number of hydrogen-bond acceptors (Lipinski definition) is 3. The Kier molecular flexibility index (Phi) is 4.30. The van der Waals surface area contributed by atoms with Crippen molar-refractivity contribution >= 4 is 29.1 Å². The molecule has 23 heavy (non-hydrogen) atoms. The van der Waals surface area contributed by atoms with Crippen LogP contribution >= 0.6 is 11.6 Å². The van der Waals surface area contributed by atoms with Gasteiger partial charge in [-0.25, -0.2) is 4.98 Å². The van der Waals surface area contributed by atoms with Crippen LogP contribution in [0.3, 0.4) is 0 Å². The fraction of sp³-hybridized carbons (Fsp3) is 0.235. The van der Waals surface area contributed by atoms with E-state index in [2.05, 4.69) is 15.6 Å². The summed E-state index contributed by atoms with van der Waals surface area (Å²) >= 11 is 6.04. The van der Waals surface area contributed by atoms with Crippen molar-refractivity contribution in [1.29, 1.82) is 0 Å². The Morgan fingerprint density at radius 2 is 1.74 bits per heavy atom. The highest BCUT2D eigenvalue weighted by Crippen LogP contribution is 2.23. The highest BCUT2D eigenvalue weighted by molar-refractivity contribution is 6.31. The number of nitrogens with zero attached hydrogens (tertiary/aromatic N) is 1. The number of pyridine rings is 1. The van der Waals surface area contributed by atoms with E-state index < -0.39 is 0 Å². The Labute approximate surface area is 139 Å². The minimum Gasteiger partial charge on any atom is -0.348 e. The summed E-state index contributed by atoms with van der Waals surface area (Å²) < 4.78 is 0. The van der Waals surface area contributed by atoms with Crippen molar-refractivity contribution in [2.45, 2.75) is 25.8 Å². The fourth-order valence-corrected chi connectivity index (χ4v) is 2.28. The third-order valence-corrected chi connectivity index (χ3v) is 4.05. The summed E-state index contributed by atoms with van der Waals surface area (Å²) in [6.07, 6.45) is 2.00. The molecule has 0 radical (unpaired) electrons. The summed E-state index contributed by atoms with van der Waals surface area (Å²) in [6.45, 7) is 1.82. The SMILES string of the molecule is Cc1c(Cl)cccc1NC(=O)c1cccc(C(=O)NC2CC2)n1. The number of hydrogen-bond donors (Lipinski definition) is 2. The maximum Gasteiger partial charge on any atom is 0.274 e. The molecule has 118 valence electrons. The van der Waals surface area contributed by atoms with Gasteiger partial charge >= 0.3 is 0 Å². The zero-order valence-electron chi connectivity index (χ0n) is 12.6. The minimum absolute atomic E-state index is 0.188. The molecule has 1 fully saturated rings. The summed E-state index contributed by atoms with van der Waals surface area (Å²) in [5.74, 6) is -0.627. The van der Waals surface area contributed by atoms with E-state index in [0.717, 1.165) is 18.4 Å². The van der Waals surface area contributed by atoms with Crippen molar-refractivity contribution in [2.75, 3.05) is 5.32 Å². The van der Waals surface area contributed by atoms with Crippen molar-refractivity contribution < 1.29 is 9.59 Å². The Bertz CT molecular complexity index is 772. The van der Waals surface area contributed by atoms with Gasteiger partial charge < -0.3 is 10.6 Å². The number of halogens is 1. The lowest BCUT2D eigenvalue weighted by Gasteiger charge is -2.10.